The Balaban J connectivity index is 1.50. The molecule has 138 valence electrons. The number of esters is 1. The lowest BCUT2D eigenvalue weighted by molar-refractivity contribution is -0.142. The molecule has 0 bridgehead atoms. The third-order valence-electron chi connectivity index (χ3n) is 4.97. The van der Waals surface area contributed by atoms with Gasteiger partial charge in [-0.05, 0) is 37.3 Å². The Labute approximate surface area is 151 Å². The molecule has 1 aromatic carbocycles. The van der Waals surface area contributed by atoms with Gasteiger partial charge < -0.3 is 9.64 Å². The van der Waals surface area contributed by atoms with Gasteiger partial charge in [-0.25, -0.2) is 4.99 Å². The molecule has 0 N–H and O–H groups in total. The van der Waals surface area contributed by atoms with Gasteiger partial charge in [-0.2, -0.15) is 0 Å². The Morgan fingerprint density at radius 1 is 1.19 bits per heavy atom. The van der Waals surface area contributed by atoms with Crippen LogP contribution in [0.3, 0.4) is 0 Å². The molecular formula is C19H23N3O4. The molecule has 26 heavy (non-hydrogen) atoms. The van der Waals surface area contributed by atoms with Crippen LogP contribution in [-0.2, 0) is 19.1 Å². The zero-order valence-electron chi connectivity index (χ0n) is 14.9. The SMILES string of the molecule is COC(=O)CC1CCN(C(=O)CCC2N=c3ccccc3=NC2=O)CC1. The Hall–Kier alpha value is -2.57. The Kier molecular flexibility index (Phi) is 5.75. The lowest BCUT2D eigenvalue weighted by Crippen LogP contribution is -2.40. The number of benzene rings is 1. The molecule has 1 fully saturated rings. The Morgan fingerprint density at radius 3 is 2.58 bits per heavy atom. The number of ether oxygens (including phenoxy) is 1. The molecule has 7 nitrogen and oxygen atoms in total. The molecule has 1 saturated heterocycles. The maximum atomic E-state index is 12.4. The first-order valence-electron chi connectivity index (χ1n) is 8.97. The van der Waals surface area contributed by atoms with E-state index in [0.29, 0.717) is 36.6 Å². The van der Waals surface area contributed by atoms with Crippen molar-refractivity contribution in [3.8, 4) is 0 Å². The van der Waals surface area contributed by atoms with E-state index in [9.17, 15) is 14.4 Å². The zero-order valence-corrected chi connectivity index (χ0v) is 14.9. The maximum absolute atomic E-state index is 12.4. The second-order valence-corrected chi connectivity index (χ2v) is 6.73. The van der Waals surface area contributed by atoms with Crippen LogP contribution in [0.1, 0.15) is 32.1 Å². The van der Waals surface area contributed by atoms with Crippen molar-refractivity contribution in [2.45, 2.75) is 38.1 Å². The van der Waals surface area contributed by atoms with Crippen LogP contribution >= 0.6 is 0 Å². The predicted molar refractivity (Wildman–Crippen MR) is 92.7 cm³/mol. The first-order valence-corrected chi connectivity index (χ1v) is 8.97. The van der Waals surface area contributed by atoms with Crippen LogP contribution in [0.2, 0.25) is 0 Å². The Bertz CT molecular complexity index is 812. The number of carbonyl (C=O) groups excluding carboxylic acids is 3. The number of hydrogen-bond donors (Lipinski definition) is 0. The maximum Gasteiger partial charge on any atom is 0.305 e. The van der Waals surface area contributed by atoms with E-state index in [0.717, 1.165) is 12.8 Å². The van der Waals surface area contributed by atoms with Crippen molar-refractivity contribution in [2.75, 3.05) is 20.2 Å². The summed E-state index contributed by atoms with van der Waals surface area (Å²) < 4.78 is 4.70. The van der Waals surface area contributed by atoms with Crippen molar-refractivity contribution >= 4 is 17.8 Å². The van der Waals surface area contributed by atoms with E-state index in [4.69, 9.17) is 4.74 Å². The number of methoxy groups -OCH3 is 1. The zero-order chi connectivity index (χ0) is 18.5. The fourth-order valence-corrected chi connectivity index (χ4v) is 3.40. The van der Waals surface area contributed by atoms with Gasteiger partial charge in [0.25, 0.3) is 5.91 Å². The predicted octanol–water partition coefficient (Wildman–Crippen LogP) is 0.416. The summed E-state index contributed by atoms with van der Waals surface area (Å²) in [5, 5.41) is 1.29. The molecule has 1 aromatic rings. The largest absolute Gasteiger partial charge is 0.469 e. The molecule has 0 saturated carbocycles. The van der Waals surface area contributed by atoms with Crippen LogP contribution in [0.15, 0.2) is 34.3 Å². The summed E-state index contributed by atoms with van der Waals surface area (Å²) in [6, 6.07) is 6.68. The minimum atomic E-state index is -0.578. The third-order valence-corrected chi connectivity index (χ3v) is 4.97. The quantitative estimate of drug-likeness (QED) is 0.714. The number of hydrogen-bond acceptors (Lipinski definition) is 5. The van der Waals surface area contributed by atoms with E-state index in [1.165, 1.54) is 7.11 Å². The van der Waals surface area contributed by atoms with Crippen LogP contribution in [0.4, 0.5) is 0 Å². The van der Waals surface area contributed by atoms with Gasteiger partial charge in [0.05, 0.1) is 17.8 Å². The van der Waals surface area contributed by atoms with Gasteiger partial charge in [0.2, 0.25) is 5.91 Å². The normalized spacial score (nSPS) is 20.0. The first-order chi connectivity index (χ1) is 12.6. The number of nitrogens with zero attached hydrogens (tertiary/aromatic N) is 3. The standard InChI is InChI=1S/C19H23N3O4/c1-26-18(24)12-13-8-10-22(11-9-13)17(23)7-6-16-19(25)21-15-5-3-2-4-14(15)20-16/h2-5,13,16H,6-12H2,1H3. The van der Waals surface area contributed by atoms with E-state index >= 15 is 0 Å². The van der Waals surface area contributed by atoms with Crippen molar-refractivity contribution in [3.05, 3.63) is 35.0 Å². The average Bonchev–Trinajstić information content (AvgIpc) is 2.66. The number of piperidine rings is 1. The molecule has 0 aromatic heterocycles. The highest BCUT2D eigenvalue weighted by Crippen LogP contribution is 2.22. The number of rotatable bonds is 5. The lowest BCUT2D eigenvalue weighted by Gasteiger charge is -2.31. The van der Waals surface area contributed by atoms with Crippen LogP contribution in [0.5, 0.6) is 0 Å². The van der Waals surface area contributed by atoms with Crippen molar-refractivity contribution < 1.29 is 19.1 Å². The van der Waals surface area contributed by atoms with Crippen LogP contribution in [0.25, 0.3) is 0 Å². The topological polar surface area (TPSA) is 88.4 Å². The molecule has 2 amide bonds. The number of likely N-dealkylation sites (tertiary alicyclic amines) is 1. The summed E-state index contributed by atoms with van der Waals surface area (Å²) in [5.74, 6) is -0.176. The number of amides is 2. The van der Waals surface area contributed by atoms with E-state index in [1.54, 1.807) is 6.07 Å². The minimum absolute atomic E-state index is 0.0309. The van der Waals surface area contributed by atoms with E-state index in [-0.39, 0.29) is 30.1 Å². The number of fused-ring (bicyclic) bond motifs is 1. The summed E-state index contributed by atoms with van der Waals surface area (Å²) in [6.07, 6.45) is 2.66. The van der Waals surface area contributed by atoms with Gasteiger partial charge in [0, 0.05) is 25.9 Å². The fourth-order valence-electron chi connectivity index (χ4n) is 3.40. The highest BCUT2D eigenvalue weighted by Gasteiger charge is 2.26. The van der Waals surface area contributed by atoms with E-state index in [2.05, 4.69) is 9.98 Å². The molecule has 2 heterocycles. The molecule has 0 spiro atoms. The molecule has 1 atom stereocenters. The fraction of sp³-hybridized carbons (Fsp3) is 0.526. The van der Waals surface area contributed by atoms with Crippen molar-refractivity contribution in [3.63, 3.8) is 0 Å². The molecular weight excluding hydrogens is 334 g/mol. The lowest BCUT2D eigenvalue weighted by atomic mass is 9.93. The van der Waals surface area contributed by atoms with Crippen molar-refractivity contribution in [1.82, 2.24) is 4.90 Å². The summed E-state index contributed by atoms with van der Waals surface area (Å²) in [6.45, 7) is 1.28. The van der Waals surface area contributed by atoms with Crippen LogP contribution in [0, 0.1) is 5.92 Å². The summed E-state index contributed by atoms with van der Waals surface area (Å²) in [5.41, 5.74) is 0. The van der Waals surface area contributed by atoms with Gasteiger partial charge in [-0.15, -0.1) is 0 Å². The van der Waals surface area contributed by atoms with E-state index < -0.39 is 6.04 Å². The van der Waals surface area contributed by atoms with Gasteiger partial charge in [-0.3, -0.25) is 19.4 Å². The summed E-state index contributed by atoms with van der Waals surface area (Å²) in [7, 11) is 1.39. The molecule has 7 heteroatoms. The average molecular weight is 357 g/mol. The third kappa shape index (κ3) is 4.33. The molecule has 2 aliphatic rings. The van der Waals surface area contributed by atoms with Gasteiger partial charge in [0.1, 0.15) is 6.04 Å². The number of para-hydroxylation sites is 2. The van der Waals surface area contributed by atoms with Crippen LogP contribution < -0.4 is 10.7 Å². The molecule has 1 unspecified atom stereocenters. The second kappa shape index (κ2) is 8.21. The van der Waals surface area contributed by atoms with Gasteiger partial charge in [0.15, 0.2) is 0 Å². The minimum Gasteiger partial charge on any atom is -0.469 e. The first kappa shape index (κ1) is 18.2. The number of carbonyl (C=O) groups is 3. The Morgan fingerprint density at radius 2 is 1.88 bits per heavy atom. The molecule has 0 aliphatic carbocycles. The summed E-state index contributed by atoms with van der Waals surface area (Å²) >= 11 is 0. The highest BCUT2D eigenvalue weighted by atomic mass is 16.5. The molecule has 2 aliphatic heterocycles. The van der Waals surface area contributed by atoms with Gasteiger partial charge >= 0.3 is 5.97 Å². The van der Waals surface area contributed by atoms with Crippen molar-refractivity contribution in [1.29, 1.82) is 0 Å². The molecule has 0 radical (unpaired) electrons. The van der Waals surface area contributed by atoms with Crippen molar-refractivity contribution in [2.24, 2.45) is 15.9 Å². The smallest absolute Gasteiger partial charge is 0.305 e. The van der Waals surface area contributed by atoms with Crippen LogP contribution in [-0.4, -0.2) is 48.9 Å². The highest BCUT2D eigenvalue weighted by molar-refractivity contribution is 5.84. The second-order valence-electron chi connectivity index (χ2n) is 6.73. The van der Waals surface area contributed by atoms with E-state index in [1.807, 2.05) is 23.1 Å². The summed E-state index contributed by atoms with van der Waals surface area (Å²) in [4.78, 5) is 46.2. The van der Waals surface area contributed by atoms with Gasteiger partial charge in [-0.1, -0.05) is 12.1 Å². The monoisotopic (exact) mass is 357 g/mol. The molecule has 3 rings (SSSR count).